The van der Waals surface area contributed by atoms with Crippen LogP contribution in [0.4, 0.5) is 0 Å². The fourth-order valence-corrected chi connectivity index (χ4v) is 3.96. The zero-order chi connectivity index (χ0) is 22.8. The van der Waals surface area contributed by atoms with Crippen LogP contribution in [0.25, 0.3) is 10.9 Å². The minimum absolute atomic E-state index is 0.0735. The summed E-state index contributed by atoms with van der Waals surface area (Å²) in [6.45, 7) is 13.6. The molecule has 1 atom stereocenters. The fourth-order valence-electron chi connectivity index (χ4n) is 3.96. The van der Waals surface area contributed by atoms with Gasteiger partial charge >= 0.3 is 0 Å². The van der Waals surface area contributed by atoms with Gasteiger partial charge in [-0.1, -0.05) is 6.92 Å². The number of aliphatic hydroxyl groups excluding tert-OH is 1. The smallest absolute Gasteiger partial charge is 0.252 e. The average molecular weight is 427 g/mol. The van der Waals surface area contributed by atoms with Crippen molar-refractivity contribution in [3.63, 3.8) is 0 Å². The van der Waals surface area contributed by atoms with Gasteiger partial charge in [0.15, 0.2) is 5.82 Å². The van der Waals surface area contributed by atoms with Gasteiger partial charge in [-0.3, -0.25) is 9.69 Å². The van der Waals surface area contributed by atoms with Crippen LogP contribution in [-0.2, 0) is 12.1 Å². The van der Waals surface area contributed by atoms with Gasteiger partial charge in [0.05, 0.1) is 11.6 Å². The third-order valence-corrected chi connectivity index (χ3v) is 5.77. The van der Waals surface area contributed by atoms with Crippen LogP contribution < -0.4 is 5.56 Å². The molecule has 0 saturated carbocycles. The summed E-state index contributed by atoms with van der Waals surface area (Å²) < 4.78 is 1.85. The second-order valence-corrected chi connectivity index (χ2v) is 9.24. The maximum Gasteiger partial charge on any atom is 0.252 e. The fraction of sp³-hybridized carbons (Fsp3) is 0.565. The van der Waals surface area contributed by atoms with E-state index >= 15 is 0 Å². The summed E-state index contributed by atoms with van der Waals surface area (Å²) in [6.07, 6.45) is 1.39. The molecule has 0 spiro atoms. The summed E-state index contributed by atoms with van der Waals surface area (Å²) in [4.78, 5) is 18.1. The van der Waals surface area contributed by atoms with Crippen LogP contribution in [0.2, 0.25) is 0 Å². The molecule has 3 aromatic rings. The Morgan fingerprint density at radius 2 is 1.90 bits per heavy atom. The molecule has 0 radical (unpaired) electrons. The number of fused-ring (bicyclic) bond motifs is 1. The van der Waals surface area contributed by atoms with Crippen LogP contribution in [0, 0.1) is 13.8 Å². The highest BCUT2D eigenvalue weighted by Crippen LogP contribution is 2.27. The predicted molar refractivity (Wildman–Crippen MR) is 122 cm³/mol. The van der Waals surface area contributed by atoms with E-state index in [9.17, 15) is 9.90 Å². The zero-order valence-electron chi connectivity index (χ0n) is 19.4. The molecule has 0 saturated heterocycles. The first-order chi connectivity index (χ1) is 14.7. The molecular weight excluding hydrogens is 392 g/mol. The normalized spacial score (nSPS) is 13.3. The summed E-state index contributed by atoms with van der Waals surface area (Å²) in [5.41, 5.74) is 3.54. The van der Waals surface area contributed by atoms with E-state index in [0.717, 1.165) is 28.7 Å². The van der Waals surface area contributed by atoms with E-state index in [1.165, 1.54) is 5.56 Å². The van der Waals surface area contributed by atoms with Gasteiger partial charge in [-0.15, -0.1) is 5.10 Å². The number of aromatic amines is 1. The third kappa shape index (κ3) is 5.02. The molecule has 2 heterocycles. The first kappa shape index (κ1) is 23.1. The Kier molecular flexibility index (Phi) is 6.91. The zero-order valence-corrected chi connectivity index (χ0v) is 19.4. The molecule has 0 unspecified atom stereocenters. The molecule has 0 fully saturated rings. The minimum Gasteiger partial charge on any atom is -0.396 e. The maximum absolute atomic E-state index is 12.9. The molecule has 0 aliphatic rings. The molecule has 0 amide bonds. The Morgan fingerprint density at radius 3 is 2.55 bits per heavy atom. The average Bonchev–Trinajstić information content (AvgIpc) is 3.18. The van der Waals surface area contributed by atoms with Crippen molar-refractivity contribution in [3.05, 3.63) is 51.1 Å². The maximum atomic E-state index is 12.9. The highest BCUT2D eigenvalue weighted by atomic mass is 16.3. The van der Waals surface area contributed by atoms with Gasteiger partial charge in [0.1, 0.15) is 0 Å². The lowest BCUT2D eigenvalue weighted by molar-refractivity contribution is 0.146. The SMILES string of the molecule is CC[C@@H](c1nnnn1C(C)(C)C)N(CCCO)Cc1cc2cc(C)c(C)cc2[nH]c1=O. The number of aromatic nitrogens is 5. The topological polar surface area (TPSA) is 99.9 Å². The summed E-state index contributed by atoms with van der Waals surface area (Å²) in [6, 6.07) is 6.03. The van der Waals surface area contributed by atoms with E-state index in [2.05, 4.69) is 66.1 Å². The van der Waals surface area contributed by atoms with Crippen molar-refractivity contribution in [2.45, 2.75) is 72.5 Å². The molecule has 8 nitrogen and oxygen atoms in total. The first-order valence-electron chi connectivity index (χ1n) is 10.9. The second kappa shape index (κ2) is 9.28. The Hall–Kier alpha value is -2.58. The number of hydrogen-bond donors (Lipinski definition) is 2. The Bertz CT molecular complexity index is 1100. The number of hydrogen-bond acceptors (Lipinski definition) is 6. The Balaban J connectivity index is 2.01. The number of nitrogens with zero attached hydrogens (tertiary/aromatic N) is 5. The standard InChI is InChI=1S/C23H34N6O2/c1-7-20(21-25-26-27-29(21)23(4,5)6)28(9-8-10-30)14-18-13-17-11-15(2)16(3)12-19(17)24-22(18)31/h11-13,20,30H,7-10,14H2,1-6H3,(H,24,31)/t20-/m0/s1. The summed E-state index contributed by atoms with van der Waals surface area (Å²) >= 11 is 0. The highest BCUT2D eigenvalue weighted by molar-refractivity contribution is 5.80. The lowest BCUT2D eigenvalue weighted by atomic mass is 10.0. The van der Waals surface area contributed by atoms with E-state index in [1.54, 1.807) is 0 Å². The van der Waals surface area contributed by atoms with Gasteiger partial charge < -0.3 is 10.1 Å². The molecule has 2 aromatic heterocycles. The number of aryl methyl sites for hydroxylation is 2. The summed E-state index contributed by atoms with van der Waals surface area (Å²) in [5, 5.41) is 22.9. The van der Waals surface area contributed by atoms with Crippen molar-refractivity contribution in [2.24, 2.45) is 0 Å². The number of aliphatic hydroxyl groups is 1. The van der Waals surface area contributed by atoms with Gasteiger partial charge in [0, 0.05) is 30.8 Å². The molecule has 31 heavy (non-hydrogen) atoms. The molecule has 3 rings (SSSR count). The quantitative estimate of drug-likeness (QED) is 0.574. The molecule has 1 aromatic carbocycles. The number of tetrazole rings is 1. The van der Waals surface area contributed by atoms with E-state index in [-0.39, 0.29) is 23.7 Å². The van der Waals surface area contributed by atoms with Crippen LogP contribution in [0.15, 0.2) is 23.0 Å². The van der Waals surface area contributed by atoms with E-state index in [0.29, 0.717) is 25.1 Å². The highest BCUT2D eigenvalue weighted by Gasteiger charge is 2.29. The van der Waals surface area contributed by atoms with Crippen molar-refractivity contribution < 1.29 is 5.11 Å². The molecule has 8 heteroatoms. The number of pyridine rings is 1. The van der Waals surface area contributed by atoms with Crippen molar-refractivity contribution in [3.8, 4) is 0 Å². The minimum atomic E-state index is -0.259. The van der Waals surface area contributed by atoms with Gasteiger partial charge in [-0.2, -0.15) is 0 Å². The van der Waals surface area contributed by atoms with Crippen LogP contribution in [-0.4, -0.2) is 48.3 Å². The first-order valence-corrected chi connectivity index (χ1v) is 10.9. The molecule has 0 bridgehead atoms. The van der Waals surface area contributed by atoms with E-state index in [4.69, 9.17) is 0 Å². The van der Waals surface area contributed by atoms with Crippen molar-refractivity contribution in [1.29, 1.82) is 0 Å². The second-order valence-electron chi connectivity index (χ2n) is 9.24. The number of H-pyrrole nitrogens is 1. The molecule has 168 valence electrons. The van der Waals surface area contributed by atoms with Crippen molar-refractivity contribution in [1.82, 2.24) is 30.1 Å². The molecule has 0 aliphatic heterocycles. The Labute approximate surface area is 183 Å². The van der Waals surface area contributed by atoms with Crippen molar-refractivity contribution in [2.75, 3.05) is 13.2 Å². The van der Waals surface area contributed by atoms with Gasteiger partial charge in [0.25, 0.3) is 5.56 Å². The summed E-state index contributed by atoms with van der Waals surface area (Å²) in [7, 11) is 0. The van der Waals surface area contributed by atoms with E-state index < -0.39 is 0 Å². The van der Waals surface area contributed by atoms with E-state index in [1.807, 2.05) is 23.7 Å². The van der Waals surface area contributed by atoms with Gasteiger partial charge in [-0.25, -0.2) is 4.68 Å². The lowest BCUT2D eigenvalue weighted by Gasteiger charge is -2.32. The van der Waals surface area contributed by atoms with Crippen LogP contribution >= 0.6 is 0 Å². The van der Waals surface area contributed by atoms with Crippen LogP contribution in [0.3, 0.4) is 0 Å². The lowest BCUT2D eigenvalue weighted by Crippen LogP contribution is -2.36. The molecule has 0 aliphatic carbocycles. The van der Waals surface area contributed by atoms with Crippen molar-refractivity contribution >= 4 is 10.9 Å². The van der Waals surface area contributed by atoms with Gasteiger partial charge in [0.2, 0.25) is 0 Å². The largest absolute Gasteiger partial charge is 0.396 e. The van der Waals surface area contributed by atoms with Crippen LogP contribution in [0.5, 0.6) is 0 Å². The number of nitrogens with one attached hydrogen (secondary N) is 1. The Morgan fingerprint density at radius 1 is 1.19 bits per heavy atom. The monoisotopic (exact) mass is 426 g/mol. The predicted octanol–water partition coefficient (Wildman–Crippen LogP) is 3.22. The molecule has 2 N–H and O–H groups in total. The van der Waals surface area contributed by atoms with Crippen LogP contribution in [0.1, 0.15) is 69.1 Å². The summed E-state index contributed by atoms with van der Waals surface area (Å²) in [5.74, 6) is 0.775. The third-order valence-electron chi connectivity index (χ3n) is 5.77. The molecular formula is C23H34N6O2. The number of rotatable bonds is 8. The van der Waals surface area contributed by atoms with Gasteiger partial charge in [-0.05, 0) is 92.6 Å². The number of benzene rings is 1.